The molecule has 1 heterocycles. The van der Waals surface area contributed by atoms with E-state index in [4.69, 9.17) is 11.6 Å². The molecule has 0 aliphatic rings. The molecule has 0 N–H and O–H groups in total. The van der Waals surface area contributed by atoms with Gasteiger partial charge in [-0.25, -0.2) is 4.39 Å². The number of benzene rings is 1. The first-order valence-corrected chi connectivity index (χ1v) is 6.11. The van der Waals surface area contributed by atoms with Crippen molar-refractivity contribution in [3.63, 3.8) is 0 Å². The van der Waals surface area contributed by atoms with Crippen molar-refractivity contribution in [1.29, 1.82) is 0 Å². The molecule has 0 radical (unpaired) electrons. The third-order valence-corrected chi connectivity index (χ3v) is 3.98. The van der Waals surface area contributed by atoms with Gasteiger partial charge in [-0.1, -0.05) is 11.6 Å². The number of hydrogen-bond donors (Lipinski definition) is 0. The Morgan fingerprint density at radius 1 is 1.54 bits per heavy atom. The van der Waals surface area contributed by atoms with E-state index >= 15 is 0 Å². The first-order valence-electron chi connectivity index (χ1n) is 3.63. The molecule has 0 unspecified atom stereocenters. The SMILES string of the molecule is CSc1c(Cl)cc(F)c2sccc12. The highest BCUT2D eigenvalue weighted by atomic mass is 35.5. The Labute approximate surface area is 88.7 Å². The fourth-order valence-electron chi connectivity index (χ4n) is 1.25. The van der Waals surface area contributed by atoms with Gasteiger partial charge in [0.1, 0.15) is 5.82 Å². The van der Waals surface area contributed by atoms with Crippen LogP contribution in [0.4, 0.5) is 4.39 Å². The minimum atomic E-state index is -0.229. The molecule has 13 heavy (non-hydrogen) atoms. The molecular formula is C9H6ClFS2. The fourth-order valence-corrected chi connectivity index (χ4v) is 3.20. The summed E-state index contributed by atoms with van der Waals surface area (Å²) in [5.74, 6) is -0.229. The third-order valence-electron chi connectivity index (χ3n) is 1.80. The zero-order valence-corrected chi connectivity index (χ0v) is 9.19. The van der Waals surface area contributed by atoms with E-state index in [9.17, 15) is 4.39 Å². The van der Waals surface area contributed by atoms with Crippen molar-refractivity contribution in [2.75, 3.05) is 6.26 Å². The van der Waals surface area contributed by atoms with Crippen LogP contribution in [-0.2, 0) is 0 Å². The summed E-state index contributed by atoms with van der Waals surface area (Å²) in [6, 6.07) is 3.28. The third kappa shape index (κ3) is 1.45. The highest BCUT2D eigenvalue weighted by Crippen LogP contribution is 2.37. The summed E-state index contributed by atoms with van der Waals surface area (Å²) in [6.45, 7) is 0. The average molecular weight is 233 g/mol. The average Bonchev–Trinajstić information content (AvgIpc) is 2.53. The number of halogens is 2. The molecule has 1 aromatic heterocycles. The number of thiophene rings is 1. The van der Waals surface area contributed by atoms with E-state index < -0.39 is 0 Å². The lowest BCUT2D eigenvalue weighted by Crippen LogP contribution is -1.79. The lowest BCUT2D eigenvalue weighted by molar-refractivity contribution is 0.641. The minimum absolute atomic E-state index is 0.229. The Morgan fingerprint density at radius 2 is 2.31 bits per heavy atom. The molecule has 0 saturated carbocycles. The van der Waals surface area contributed by atoms with E-state index in [0.29, 0.717) is 9.72 Å². The summed E-state index contributed by atoms with van der Waals surface area (Å²) in [6.07, 6.45) is 1.94. The van der Waals surface area contributed by atoms with Gasteiger partial charge in [-0.2, -0.15) is 0 Å². The zero-order chi connectivity index (χ0) is 9.42. The largest absolute Gasteiger partial charge is 0.205 e. The quantitative estimate of drug-likeness (QED) is 0.656. The second-order valence-corrected chi connectivity index (χ2v) is 4.68. The minimum Gasteiger partial charge on any atom is -0.205 e. The van der Waals surface area contributed by atoms with Crippen LogP contribution in [0.1, 0.15) is 0 Å². The molecule has 2 rings (SSSR count). The predicted octanol–water partition coefficient (Wildman–Crippen LogP) is 4.42. The van der Waals surface area contributed by atoms with Gasteiger partial charge in [-0.15, -0.1) is 23.1 Å². The number of hydrogen-bond acceptors (Lipinski definition) is 2. The van der Waals surface area contributed by atoms with Crippen LogP contribution < -0.4 is 0 Å². The van der Waals surface area contributed by atoms with Gasteiger partial charge in [0.2, 0.25) is 0 Å². The van der Waals surface area contributed by atoms with E-state index in [0.717, 1.165) is 10.3 Å². The molecule has 0 atom stereocenters. The summed E-state index contributed by atoms with van der Waals surface area (Å²) >= 11 is 8.86. The Balaban J connectivity index is 2.88. The highest BCUT2D eigenvalue weighted by Gasteiger charge is 2.10. The molecule has 0 aliphatic heterocycles. The standard InChI is InChI=1S/C9H6ClFS2/c1-12-8-5-2-3-13-9(5)7(11)4-6(8)10/h2-4H,1H3. The van der Waals surface area contributed by atoms with Gasteiger partial charge in [0, 0.05) is 10.3 Å². The van der Waals surface area contributed by atoms with Crippen LogP contribution in [0.25, 0.3) is 10.1 Å². The lowest BCUT2D eigenvalue weighted by atomic mass is 10.2. The number of rotatable bonds is 1. The van der Waals surface area contributed by atoms with Crippen LogP contribution in [0.2, 0.25) is 5.02 Å². The fraction of sp³-hybridized carbons (Fsp3) is 0.111. The lowest BCUT2D eigenvalue weighted by Gasteiger charge is -2.02. The Morgan fingerprint density at radius 3 is 3.00 bits per heavy atom. The molecule has 4 heteroatoms. The van der Waals surface area contributed by atoms with Crippen molar-refractivity contribution in [3.05, 3.63) is 28.4 Å². The molecule has 0 amide bonds. The van der Waals surface area contributed by atoms with Crippen molar-refractivity contribution >= 4 is 44.8 Å². The first kappa shape index (κ1) is 9.31. The molecule has 1 aromatic carbocycles. The molecule has 0 spiro atoms. The maximum Gasteiger partial charge on any atom is 0.142 e. The van der Waals surface area contributed by atoms with E-state index in [-0.39, 0.29) is 5.82 Å². The number of fused-ring (bicyclic) bond motifs is 1. The monoisotopic (exact) mass is 232 g/mol. The van der Waals surface area contributed by atoms with Crippen molar-refractivity contribution < 1.29 is 4.39 Å². The maximum absolute atomic E-state index is 13.3. The Hall–Kier alpha value is -0.250. The van der Waals surface area contributed by atoms with Crippen molar-refractivity contribution in [3.8, 4) is 0 Å². The first-order chi connectivity index (χ1) is 6.24. The van der Waals surface area contributed by atoms with Gasteiger partial charge in [-0.3, -0.25) is 0 Å². The highest BCUT2D eigenvalue weighted by molar-refractivity contribution is 7.99. The van der Waals surface area contributed by atoms with Gasteiger partial charge in [0.05, 0.1) is 9.72 Å². The van der Waals surface area contributed by atoms with Crippen molar-refractivity contribution in [1.82, 2.24) is 0 Å². The smallest absolute Gasteiger partial charge is 0.142 e. The molecule has 68 valence electrons. The van der Waals surface area contributed by atoms with Gasteiger partial charge in [0.25, 0.3) is 0 Å². The van der Waals surface area contributed by atoms with Gasteiger partial charge in [-0.05, 0) is 23.8 Å². The van der Waals surface area contributed by atoms with E-state index in [2.05, 4.69) is 0 Å². The van der Waals surface area contributed by atoms with E-state index in [1.54, 1.807) is 11.8 Å². The zero-order valence-electron chi connectivity index (χ0n) is 6.80. The molecule has 0 bridgehead atoms. The van der Waals surface area contributed by atoms with Gasteiger partial charge < -0.3 is 0 Å². The summed E-state index contributed by atoms with van der Waals surface area (Å²) in [4.78, 5) is 0.958. The second-order valence-electron chi connectivity index (χ2n) is 2.54. The van der Waals surface area contributed by atoms with E-state index in [1.807, 2.05) is 17.7 Å². The normalized spacial score (nSPS) is 11.0. The molecule has 0 aliphatic carbocycles. The Bertz CT molecular complexity index is 450. The molecule has 0 fully saturated rings. The van der Waals surface area contributed by atoms with Crippen LogP contribution in [0.5, 0.6) is 0 Å². The topological polar surface area (TPSA) is 0 Å². The van der Waals surface area contributed by atoms with E-state index in [1.165, 1.54) is 17.4 Å². The summed E-state index contributed by atoms with van der Waals surface area (Å²) < 4.78 is 14.0. The Kier molecular flexibility index (Phi) is 2.49. The molecular weight excluding hydrogens is 227 g/mol. The van der Waals surface area contributed by atoms with Crippen LogP contribution in [0.3, 0.4) is 0 Å². The summed E-state index contributed by atoms with van der Waals surface area (Å²) in [5.41, 5.74) is 0. The van der Waals surface area contributed by atoms with Crippen LogP contribution in [0, 0.1) is 5.82 Å². The maximum atomic E-state index is 13.3. The van der Waals surface area contributed by atoms with Gasteiger partial charge >= 0.3 is 0 Å². The second kappa shape index (κ2) is 3.48. The van der Waals surface area contributed by atoms with Crippen LogP contribution in [-0.4, -0.2) is 6.26 Å². The molecule has 2 aromatic rings. The van der Waals surface area contributed by atoms with Crippen LogP contribution >= 0.6 is 34.7 Å². The summed E-state index contributed by atoms with van der Waals surface area (Å²) in [5, 5.41) is 3.29. The van der Waals surface area contributed by atoms with Gasteiger partial charge in [0.15, 0.2) is 0 Å². The van der Waals surface area contributed by atoms with Crippen LogP contribution in [0.15, 0.2) is 22.4 Å². The van der Waals surface area contributed by atoms with Crippen molar-refractivity contribution in [2.24, 2.45) is 0 Å². The molecule has 0 saturated heterocycles. The summed E-state index contributed by atoms with van der Waals surface area (Å²) in [7, 11) is 0. The number of thioether (sulfide) groups is 1. The molecule has 0 nitrogen and oxygen atoms in total. The predicted molar refractivity (Wildman–Crippen MR) is 58.6 cm³/mol. The van der Waals surface area contributed by atoms with Crippen molar-refractivity contribution in [2.45, 2.75) is 4.90 Å².